The number of nitrogen functional groups attached to an aromatic ring is 1. The van der Waals surface area contributed by atoms with Gasteiger partial charge in [-0.05, 0) is 38.9 Å². The molecule has 0 amide bonds. The first-order chi connectivity index (χ1) is 8.47. The van der Waals surface area contributed by atoms with Crippen LogP contribution < -0.4 is 11.1 Å². The fourth-order valence-electron chi connectivity index (χ4n) is 2.36. The molecule has 2 rings (SSSR count). The van der Waals surface area contributed by atoms with Crippen LogP contribution >= 0.6 is 23.2 Å². The van der Waals surface area contributed by atoms with Crippen molar-refractivity contribution in [3.05, 3.63) is 22.2 Å². The lowest BCUT2D eigenvalue weighted by Gasteiger charge is -2.36. The standard InChI is InChI=1S/C13H19Cl2N3/c1-8-5-10(3-4-18(8)2)17-13-11(14)6-9(16)7-12(13)15/h6-8,10,17H,3-5,16H2,1-2H3. The molecular formula is C13H19Cl2N3. The maximum absolute atomic E-state index is 6.18. The third kappa shape index (κ3) is 3.02. The minimum atomic E-state index is 0.412. The molecule has 1 heterocycles. The fraction of sp³-hybridized carbons (Fsp3) is 0.538. The van der Waals surface area contributed by atoms with Crippen molar-refractivity contribution in [3.63, 3.8) is 0 Å². The van der Waals surface area contributed by atoms with E-state index in [9.17, 15) is 0 Å². The molecule has 1 aliphatic heterocycles. The van der Waals surface area contributed by atoms with E-state index < -0.39 is 0 Å². The van der Waals surface area contributed by atoms with Crippen LogP contribution in [-0.2, 0) is 0 Å². The van der Waals surface area contributed by atoms with Gasteiger partial charge in [-0.2, -0.15) is 0 Å². The molecule has 1 aliphatic rings. The van der Waals surface area contributed by atoms with Gasteiger partial charge in [0, 0.05) is 24.3 Å². The number of likely N-dealkylation sites (tertiary alicyclic amines) is 1. The fourth-order valence-corrected chi connectivity index (χ4v) is 2.97. The second kappa shape index (κ2) is 5.55. The smallest absolute Gasteiger partial charge is 0.0722 e. The zero-order chi connectivity index (χ0) is 13.3. The second-order valence-corrected chi connectivity index (χ2v) is 5.87. The molecule has 0 aromatic heterocycles. The quantitative estimate of drug-likeness (QED) is 0.819. The van der Waals surface area contributed by atoms with Gasteiger partial charge in [0.05, 0.1) is 15.7 Å². The van der Waals surface area contributed by atoms with Crippen LogP contribution in [0.1, 0.15) is 19.8 Å². The number of piperidine rings is 1. The summed E-state index contributed by atoms with van der Waals surface area (Å²) < 4.78 is 0. The monoisotopic (exact) mass is 287 g/mol. The van der Waals surface area contributed by atoms with Crippen LogP contribution in [0, 0.1) is 0 Å². The molecule has 100 valence electrons. The van der Waals surface area contributed by atoms with Crippen molar-refractivity contribution < 1.29 is 0 Å². The van der Waals surface area contributed by atoms with Gasteiger partial charge in [0.2, 0.25) is 0 Å². The highest BCUT2D eigenvalue weighted by Crippen LogP contribution is 2.34. The van der Waals surface area contributed by atoms with Crippen molar-refractivity contribution >= 4 is 34.6 Å². The van der Waals surface area contributed by atoms with Crippen molar-refractivity contribution in [3.8, 4) is 0 Å². The van der Waals surface area contributed by atoms with E-state index in [1.807, 2.05) is 0 Å². The largest absolute Gasteiger partial charge is 0.399 e. The molecule has 1 aromatic carbocycles. The van der Waals surface area contributed by atoms with Crippen LogP contribution in [0.2, 0.25) is 10.0 Å². The van der Waals surface area contributed by atoms with Crippen molar-refractivity contribution in [2.45, 2.75) is 31.8 Å². The van der Waals surface area contributed by atoms with Gasteiger partial charge >= 0.3 is 0 Å². The predicted octanol–water partition coefficient (Wildman–Crippen LogP) is 3.47. The molecule has 1 fully saturated rings. The van der Waals surface area contributed by atoms with E-state index in [1.165, 1.54) is 0 Å². The molecule has 2 atom stereocenters. The Balaban J connectivity index is 2.10. The number of benzene rings is 1. The van der Waals surface area contributed by atoms with Gasteiger partial charge in [0.15, 0.2) is 0 Å². The maximum atomic E-state index is 6.18. The van der Waals surface area contributed by atoms with Gasteiger partial charge < -0.3 is 16.0 Å². The van der Waals surface area contributed by atoms with E-state index in [1.54, 1.807) is 12.1 Å². The first-order valence-electron chi connectivity index (χ1n) is 6.18. The van der Waals surface area contributed by atoms with E-state index in [2.05, 4.69) is 24.2 Å². The lowest BCUT2D eigenvalue weighted by Crippen LogP contribution is -2.42. The summed E-state index contributed by atoms with van der Waals surface area (Å²) in [5, 5.41) is 4.63. The zero-order valence-electron chi connectivity index (χ0n) is 10.7. The van der Waals surface area contributed by atoms with Crippen molar-refractivity contribution in [1.29, 1.82) is 0 Å². The lowest BCUT2D eigenvalue weighted by atomic mass is 9.98. The molecule has 0 bridgehead atoms. The van der Waals surface area contributed by atoms with E-state index in [4.69, 9.17) is 28.9 Å². The minimum absolute atomic E-state index is 0.412. The molecule has 1 saturated heterocycles. The summed E-state index contributed by atoms with van der Waals surface area (Å²) >= 11 is 12.4. The molecular weight excluding hydrogens is 269 g/mol. The number of rotatable bonds is 2. The number of nitrogens with zero attached hydrogens (tertiary/aromatic N) is 1. The zero-order valence-corrected chi connectivity index (χ0v) is 12.2. The molecule has 0 saturated carbocycles. The van der Waals surface area contributed by atoms with Crippen LogP contribution in [0.25, 0.3) is 0 Å². The molecule has 0 spiro atoms. The topological polar surface area (TPSA) is 41.3 Å². The Morgan fingerprint density at radius 2 is 1.94 bits per heavy atom. The van der Waals surface area contributed by atoms with Crippen molar-refractivity contribution in [2.75, 3.05) is 24.6 Å². The van der Waals surface area contributed by atoms with Crippen molar-refractivity contribution in [1.82, 2.24) is 4.90 Å². The molecule has 18 heavy (non-hydrogen) atoms. The summed E-state index contributed by atoms with van der Waals surface area (Å²) in [4.78, 5) is 2.37. The van der Waals surface area contributed by atoms with E-state index >= 15 is 0 Å². The molecule has 3 nitrogen and oxygen atoms in total. The summed E-state index contributed by atoms with van der Waals surface area (Å²) in [6.07, 6.45) is 2.19. The van der Waals surface area contributed by atoms with E-state index in [0.717, 1.165) is 25.1 Å². The summed E-state index contributed by atoms with van der Waals surface area (Å²) in [6.45, 7) is 3.32. The Bertz CT molecular complexity index is 413. The van der Waals surface area contributed by atoms with Gasteiger partial charge in [-0.25, -0.2) is 0 Å². The molecule has 1 aromatic rings. The second-order valence-electron chi connectivity index (χ2n) is 5.05. The normalized spacial score (nSPS) is 25.1. The highest BCUT2D eigenvalue weighted by molar-refractivity contribution is 6.39. The maximum Gasteiger partial charge on any atom is 0.0722 e. The number of anilines is 2. The van der Waals surface area contributed by atoms with Crippen LogP contribution in [0.5, 0.6) is 0 Å². The van der Waals surface area contributed by atoms with Crippen LogP contribution in [-0.4, -0.2) is 30.6 Å². The Labute approximate surface area is 118 Å². The number of hydrogen-bond acceptors (Lipinski definition) is 3. The van der Waals surface area contributed by atoms with Gasteiger partial charge in [0.1, 0.15) is 0 Å². The lowest BCUT2D eigenvalue weighted by molar-refractivity contribution is 0.190. The number of halogens is 2. The van der Waals surface area contributed by atoms with E-state index in [0.29, 0.717) is 27.8 Å². The Morgan fingerprint density at radius 1 is 1.33 bits per heavy atom. The SMILES string of the molecule is CC1CC(Nc2c(Cl)cc(N)cc2Cl)CCN1C. The predicted molar refractivity (Wildman–Crippen MR) is 79.6 cm³/mol. The van der Waals surface area contributed by atoms with Crippen molar-refractivity contribution in [2.24, 2.45) is 0 Å². The van der Waals surface area contributed by atoms with E-state index in [-0.39, 0.29) is 0 Å². The Hall–Kier alpha value is -0.640. The molecule has 0 aliphatic carbocycles. The van der Waals surface area contributed by atoms with Crippen LogP contribution in [0.3, 0.4) is 0 Å². The summed E-state index contributed by atoms with van der Waals surface area (Å²) in [5.41, 5.74) is 7.09. The third-order valence-electron chi connectivity index (χ3n) is 3.62. The summed E-state index contributed by atoms with van der Waals surface area (Å²) in [7, 11) is 2.16. The first-order valence-corrected chi connectivity index (χ1v) is 6.94. The van der Waals surface area contributed by atoms with Crippen LogP contribution in [0.4, 0.5) is 11.4 Å². The van der Waals surface area contributed by atoms with Crippen LogP contribution in [0.15, 0.2) is 12.1 Å². The van der Waals surface area contributed by atoms with Gasteiger partial charge in [-0.1, -0.05) is 23.2 Å². The van der Waals surface area contributed by atoms with Gasteiger partial charge in [-0.3, -0.25) is 0 Å². The molecule has 0 radical (unpaired) electrons. The number of nitrogens with one attached hydrogen (secondary N) is 1. The average molecular weight is 288 g/mol. The van der Waals surface area contributed by atoms with Gasteiger partial charge in [0.25, 0.3) is 0 Å². The average Bonchev–Trinajstić information content (AvgIpc) is 2.28. The highest BCUT2D eigenvalue weighted by atomic mass is 35.5. The minimum Gasteiger partial charge on any atom is -0.399 e. The molecule has 5 heteroatoms. The molecule has 3 N–H and O–H groups in total. The van der Waals surface area contributed by atoms with Gasteiger partial charge in [-0.15, -0.1) is 0 Å². The summed E-state index contributed by atoms with van der Waals surface area (Å²) in [5.74, 6) is 0. The Morgan fingerprint density at radius 3 is 2.50 bits per heavy atom. The highest BCUT2D eigenvalue weighted by Gasteiger charge is 2.23. The number of nitrogens with two attached hydrogens (primary N) is 1. The summed E-state index contributed by atoms with van der Waals surface area (Å²) in [6, 6.07) is 4.44. The Kier molecular flexibility index (Phi) is 4.25. The first kappa shape index (κ1) is 13.8. The number of hydrogen-bond donors (Lipinski definition) is 2. The molecule has 2 unspecified atom stereocenters. The third-order valence-corrected chi connectivity index (χ3v) is 4.22.